The number of hydrogen-bond acceptors (Lipinski definition) is 5. The molecule has 21 heavy (non-hydrogen) atoms. The summed E-state index contributed by atoms with van der Waals surface area (Å²) in [6.07, 6.45) is 2.81. The number of nitrogens with two attached hydrogens (primary N) is 1. The van der Waals surface area contributed by atoms with E-state index in [0.29, 0.717) is 6.54 Å². The first-order chi connectivity index (χ1) is 10.2. The van der Waals surface area contributed by atoms with E-state index >= 15 is 0 Å². The van der Waals surface area contributed by atoms with Crippen molar-refractivity contribution in [2.45, 2.75) is 6.42 Å². The maximum absolute atomic E-state index is 11.0. The molecule has 1 amide bonds. The fourth-order valence-electron chi connectivity index (χ4n) is 2.68. The van der Waals surface area contributed by atoms with Crippen LogP contribution in [0.5, 0.6) is 0 Å². The van der Waals surface area contributed by atoms with Crippen LogP contribution < -0.4 is 10.6 Å². The Morgan fingerprint density at radius 1 is 1.14 bits per heavy atom. The Morgan fingerprint density at radius 2 is 1.95 bits per heavy atom. The summed E-state index contributed by atoms with van der Waals surface area (Å²) in [5.74, 6) is 0.628. The number of carbonyl (C=O) groups excluding carboxylic acids is 1. The molecule has 2 N–H and O–H groups in total. The van der Waals surface area contributed by atoms with Gasteiger partial charge in [-0.1, -0.05) is 12.1 Å². The van der Waals surface area contributed by atoms with Gasteiger partial charge in [0.05, 0.1) is 23.8 Å². The zero-order chi connectivity index (χ0) is 14.7. The molecule has 2 heterocycles. The summed E-state index contributed by atoms with van der Waals surface area (Å²) in [7, 11) is 0. The summed E-state index contributed by atoms with van der Waals surface area (Å²) in [6, 6.07) is 7.87. The average Bonchev–Trinajstić information content (AvgIpc) is 2.72. The van der Waals surface area contributed by atoms with Crippen LogP contribution in [0.3, 0.4) is 0 Å². The number of fused-ring (bicyclic) bond motifs is 1. The normalized spacial score (nSPS) is 16.9. The first kappa shape index (κ1) is 13.8. The predicted octanol–water partition coefficient (Wildman–Crippen LogP) is 0.627. The molecule has 6 nitrogen and oxygen atoms in total. The summed E-state index contributed by atoms with van der Waals surface area (Å²) in [5.41, 5.74) is 7.08. The number of nitrogens with zero attached hydrogens (tertiary/aromatic N) is 4. The number of carbonyl (C=O) groups is 1. The van der Waals surface area contributed by atoms with Crippen LogP contribution in [-0.2, 0) is 4.79 Å². The number of aromatic nitrogens is 2. The fourth-order valence-corrected chi connectivity index (χ4v) is 2.68. The molecule has 0 aliphatic carbocycles. The minimum atomic E-state index is -0.269. The lowest BCUT2D eigenvalue weighted by Crippen LogP contribution is -2.36. The van der Waals surface area contributed by atoms with Gasteiger partial charge in [0.15, 0.2) is 0 Å². The van der Waals surface area contributed by atoms with Crippen molar-refractivity contribution >= 4 is 22.8 Å². The van der Waals surface area contributed by atoms with Gasteiger partial charge in [0.25, 0.3) is 0 Å². The second-order valence-corrected chi connectivity index (χ2v) is 5.30. The fraction of sp³-hybridized carbons (Fsp3) is 0.400. The highest BCUT2D eigenvalue weighted by Crippen LogP contribution is 2.16. The number of primary amides is 1. The molecule has 110 valence electrons. The van der Waals surface area contributed by atoms with E-state index in [1.54, 1.807) is 0 Å². The van der Waals surface area contributed by atoms with Gasteiger partial charge in [0.2, 0.25) is 5.91 Å². The number of anilines is 1. The van der Waals surface area contributed by atoms with E-state index < -0.39 is 0 Å². The molecule has 1 aliphatic heterocycles. The lowest BCUT2D eigenvalue weighted by atomic mass is 10.3. The van der Waals surface area contributed by atoms with Crippen LogP contribution in [0.4, 0.5) is 5.82 Å². The molecule has 2 aromatic rings. The highest BCUT2D eigenvalue weighted by Gasteiger charge is 2.17. The highest BCUT2D eigenvalue weighted by atomic mass is 16.1. The first-order valence-electron chi connectivity index (χ1n) is 7.20. The molecule has 0 saturated carbocycles. The molecule has 0 bridgehead atoms. The van der Waals surface area contributed by atoms with Gasteiger partial charge in [-0.25, -0.2) is 4.98 Å². The molecule has 1 saturated heterocycles. The Hall–Kier alpha value is -2.21. The minimum absolute atomic E-state index is 0.269. The maximum atomic E-state index is 11.0. The number of amides is 1. The van der Waals surface area contributed by atoms with E-state index in [-0.39, 0.29) is 5.91 Å². The predicted molar refractivity (Wildman–Crippen MR) is 82.0 cm³/mol. The molecule has 6 heteroatoms. The van der Waals surface area contributed by atoms with E-state index in [4.69, 9.17) is 5.73 Å². The average molecular weight is 285 g/mol. The second-order valence-electron chi connectivity index (χ2n) is 5.30. The van der Waals surface area contributed by atoms with E-state index in [1.165, 1.54) is 0 Å². The monoisotopic (exact) mass is 285 g/mol. The summed E-state index contributed by atoms with van der Waals surface area (Å²) < 4.78 is 0. The van der Waals surface area contributed by atoms with Crippen LogP contribution in [0.2, 0.25) is 0 Å². The molecule has 0 radical (unpaired) electrons. The van der Waals surface area contributed by atoms with Gasteiger partial charge in [-0.05, 0) is 18.6 Å². The second kappa shape index (κ2) is 6.05. The van der Waals surface area contributed by atoms with Gasteiger partial charge >= 0.3 is 0 Å². The standard InChI is InChI=1S/C15H19N5O/c16-14(21)11-19-6-3-7-20(9-8-19)15-10-17-12-4-1-2-5-13(12)18-15/h1-2,4-5,10H,3,6-9,11H2,(H2,16,21). The summed E-state index contributed by atoms with van der Waals surface area (Å²) in [6.45, 7) is 3.79. The third-order valence-electron chi connectivity index (χ3n) is 3.73. The zero-order valence-electron chi connectivity index (χ0n) is 11.9. The van der Waals surface area contributed by atoms with Gasteiger partial charge in [0, 0.05) is 26.2 Å². The molecule has 0 atom stereocenters. The zero-order valence-corrected chi connectivity index (χ0v) is 11.9. The first-order valence-corrected chi connectivity index (χ1v) is 7.20. The van der Waals surface area contributed by atoms with Crippen LogP contribution in [-0.4, -0.2) is 53.5 Å². The van der Waals surface area contributed by atoms with E-state index in [2.05, 4.69) is 19.8 Å². The van der Waals surface area contributed by atoms with Crippen molar-refractivity contribution < 1.29 is 4.79 Å². The quantitative estimate of drug-likeness (QED) is 0.895. The van der Waals surface area contributed by atoms with Crippen molar-refractivity contribution in [3.63, 3.8) is 0 Å². The Bertz CT molecular complexity index is 645. The van der Waals surface area contributed by atoms with Crippen molar-refractivity contribution in [2.24, 2.45) is 5.73 Å². The molecule has 0 unspecified atom stereocenters. The SMILES string of the molecule is NC(=O)CN1CCCN(c2cnc3ccccc3n2)CC1. The van der Waals surface area contributed by atoms with Gasteiger partial charge < -0.3 is 10.6 Å². The highest BCUT2D eigenvalue weighted by molar-refractivity contribution is 5.76. The molecule has 1 aliphatic rings. The summed E-state index contributed by atoms with van der Waals surface area (Å²) >= 11 is 0. The number of para-hydroxylation sites is 2. The van der Waals surface area contributed by atoms with E-state index in [9.17, 15) is 4.79 Å². The van der Waals surface area contributed by atoms with Crippen molar-refractivity contribution in [1.82, 2.24) is 14.9 Å². The van der Waals surface area contributed by atoms with Gasteiger partial charge in [-0.3, -0.25) is 14.7 Å². The number of rotatable bonds is 3. The molecule has 1 aromatic heterocycles. The third-order valence-corrected chi connectivity index (χ3v) is 3.73. The van der Waals surface area contributed by atoms with Crippen molar-refractivity contribution in [1.29, 1.82) is 0 Å². The van der Waals surface area contributed by atoms with Gasteiger partial charge in [-0.15, -0.1) is 0 Å². The largest absolute Gasteiger partial charge is 0.369 e. The Kier molecular flexibility index (Phi) is 3.96. The molecular weight excluding hydrogens is 266 g/mol. The van der Waals surface area contributed by atoms with Crippen molar-refractivity contribution in [3.8, 4) is 0 Å². The molecular formula is C15H19N5O. The van der Waals surface area contributed by atoms with Crippen LogP contribution >= 0.6 is 0 Å². The van der Waals surface area contributed by atoms with Crippen molar-refractivity contribution in [3.05, 3.63) is 30.5 Å². The van der Waals surface area contributed by atoms with Gasteiger partial charge in [0.1, 0.15) is 5.82 Å². The lowest BCUT2D eigenvalue weighted by molar-refractivity contribution is -0.119. The van der Waals surface area contributed by atoms with Crippen molar-refractivity contribution in [2.75, 3.05) is 37.6 Å². The maximum Gasteiger partial charge on any atom is 0.231 e. The third kappa shape index (κ3) is 3.28. The Labute approximate surface area is 123 Å². The van der Waals surface area contributed by atoms with E-state index in [0.717, 1.165) is 49.5 Å². The van der Waals surface area contributed by atoms with E-state index in [1.807, 2.05) is 30.5 Å². The van der Waals surface area contributed by atoms with Crippen LogP contribution in [0.25, 0.3) is 11.0 Å². The summed E-state index contributed by atoms with van der Waals surface area (Å²) in [5, 5.41) is 0. The minimum Gasteiger partial charge on any atom is -0.369 e. The Morgan fingerprint density at radius 3 is 2.76 bits per heavy atom. The molecule has 3 rings (SSSR count). The topological polar surface area (TPSA) is 75.4 Å². The number of benzene rings is 1. The van der Waals surface area contributed by atoms with Gasteiger partial charge in [-0.2, -0.15) is 0 Å². The Balaban J connectivity index is 1.74. The summed E-state index contributed by atoms with van der Waals surface area (Å²) in [4.78, 5) is 24.5. The molecule has 0 spiro atoms. The van der Waals surface area contributed by atoms with Crippen LogP contribution in [0, 0.1) is 0 Å². The number of hydrogen-bond donors (Lipinski definition) is 1. The van der Waals surface area contributed by atoms with Crippen LogP contribution in [0.15, 0.2) is 30.5 Å². The molecule has 1 fully saturated rings. The smallest absolute Gasteiger partial charge is 0.231 e. The molecule has 1 aromatic carbocycles. The van der Waals surface area contributed by atoms with Crippen LogP contribution in [0.1, 0.15) is 6.42 Å². The lowest BCUT2D eigenvalue weighted by Gasteiger charge is -2.22.